The van der Waals surface area contributed by atoms with Gasteiger partial charge in [0.25, 0.3) is 0 Å². The van der Waals surface area contributed by atoms with Crippen molar-refractivity contribution in [1.82, 2.24) is 0 Å². The molecule has 0 saturated heterocycles. The quantitative estimate of drug-likeness (QED) is 0.645. The van der Waals surface area contributed by atoms with Crippen molar-refractivity contribution in [3.05, 3.63) is 20.4 Å². The molecule has 0 aliphatic heterocycles. The van der Waals surface area contributed by atoms with Gasteiger partial charge in [0.05, 0.1) is 0 Å². The maximum atomic E-state index is 2.29. The molecular weight excluding hydrogens is 287 g/mol. The van der Waals surface area contributed by atoms with Crippen LogP contribution in [0.1, 0.15) is 0 Å². The normalized spacial score (nSPS) is 7.57. The summed E-state index contributed by atoms with van der Waals surface area (Å²) in [4.78, 5) is 0. The molecule has 0 atom stereocenters. The van der Waals surface area contributed by atoms with Gasteiger partial charge in [-0.2, -0.15) is 11.3 Å². The maximum absolute atomic E-state index is 2.29. The first-order valence-electron chi connectivity index (χ1n) is 1.57. The smallest absolute Gasteiger partial charge is 0.0237 e. The minimum absolute atomic E-state index is 0. The van der Waals surface area contributed by atoms with Gasteiger partial charge < -0.3 is 0 Å². The highest BCUT2D eigenvalue weighted by Crippen LogP contribution is 2.06. The van der Waals surface area contributed by atoms with E-state index in [0.717, 1.165) is 0 Å². The van der Waals surface area contributed by atoms with Crippen molar-refractivity contribution in [3.8, 4) is 0 Å². The summed E-state index contributed by atoms with van der Waals surface area (Å²) in [7, 11) is 0. The molecule has 3 heteroatoms. The average Bonchev–Trinajstić information content (AvgIpc) is 1.86. The monoisotopic (exact) mass is 290 g/mol. The van der Waals surface area contributed by atoms with Crippen LogP contribution >= 0.6 is 50.9 Å². The van der Waals surface area contributed by atoms with Gasteiger partial charge in [-0.3, -0.25) is 0 Å². The highest BCUT2D eigenvalue weighted by molar-refractivity contribution is 14.1. The van der Waals surface area contributed by atoms with Gasteiger partial charge in [0.15, 0.2) is 0 Å². The zero-order chi connectivity index (χ0) is 4.41. The van der Waals surface area contributed by atoms with Gasteiger partial charge in [-0.05, 0) is 34.0 Å². The Bertz CT molecular complexity index is 115. The zero-order valence-electron chi connectivity index (χ0n) is 3.43. The molecule has 0 aliphatic rings. The van der Waals surface area contributed by atoms with Gasteiger partial charge in [-0.25, -0.2) is 0 Å². The summed E-state index contributed by atoms with van der Waals surface area (Å²) >= 11 is 4.02. The Kier molecular flexibility index (Phi) is 4.36. The van der Waals surface area contributed by atoms with Crippen molar-refractivity contribution in [2.75, 3.05) is 0 Å². The molecule has 0 amide bonds. The predicted octanol–water partition coefficient (Wildman–Crippen LogP) is 2.93. The lowest BCUT2D eigenvalue weighted by Crippen LogP contribution is -1.43. The summed E-state index contributed by atoms with van der Waals surface area (Å²) < 4.78 is 1.33. The van der Waals surface area contributed by atoms with Crippen LogP contribution in [0.3, 0.4) is 0 Å². The largest absolute Gasteiger partial charge is 0.151 e. The molecule has 0 radical (unpaired) electrons. The van der Waals surface area contributed by atoms with Crippen LogP contribution in [0.4, 0.5) is 0 Å². The van der Waals surface area contributed by atoms with Crippen LogP contribution in [0.25, 0.3) is 0 Å². The molecule has 1 aromatic rings. The van der Waals surface area contributed by atoms with E-state index in [1.807, 2.05) is 0 Å². The van der Waals surface area contributed by atoms with E-state index in [4.69, 9.17) is 0 Å². The maximum Gasteiger partial charge on any atom is 0.0237 e. The van der Waals surface area contributed by atoms with Gasteiger partial charge >= 0.3 is 0 Å². The second-order valence-corrected chi connectivity index (χ2v) is 2.97. The number of rotatable bonds is 0. The molecule has 0 aromatic carbocycles. The topological polar surface area (TPSA) is 0 Å². The molecule has 0 fully saturated rings. The summed E-state index contributed by atoms with van der Waals surface area (Å²) in [6.45, 7) is 0. The third-order valence-electron chi connectivity index (χ3n) is 0.486. The molecule has 0 nitrogen and oxygen atoms in total. The first-order chi connectivity index (χ1) is 2.89. The minimum atomic E-state index is 0. The fourth-order valence-corrected chi connectivity index (χ4v) is 1.62. The van der Waals surface area contributed by atoms with Crippen LogP contribution in [-0.2, 0) is 0 Å². The fraction of sp³-hybridized carbons (Fsp3) is 0. The van der Waals surface area contributed by atoms with Crippen molar-refractivity contribution >= 4 is 50.9 Å². The third-order valence-corrected chi connectivity index (χ3v) is 2.26. The van der Waals surface area contributed by atoms with Crippen molar-refractivity contribution in [3.63, 3.8) is 0 Å². The zero-order valence-corrected chi connectivity index (χ0v) is 8.11. The summed E-state index contributed by atoms with van der Waals surface area (Å²) in [6, 6.07) is 2.09. The van der Waals surface area contributed by atoms with Crippen LogP contribution in [0, 0.1) is 3.57 Å². The Morgan fingerprint density at radius 2 is 2.29 bits per heavy atom. The van der Waals surface area contributed by atoms with Gasteiger partial charge in [0.2, 0.25) is 0 Å². The van der Waals surface area contributed by atoms with Gasteiger partial charge in [-0.15, -0.1) is 17.0 Å². The summed E-state index contributed by atoms with van der Waals surface area (Å²) in [5.74, 6) is 0. The molecule has 1 rings (SSSR count). The Balaban J connectivity index is 0.000000360. The Morgan fingerprint density at radius 1 is 1.57 bits per heavy atom. The van der Waals surface area contributed by atoms with Crippen molar-refractivity contribution in [2.24, 2.45) is 0 Å². The molecule has 0 aliphatic carbocycles. The Labute approximate surface area is 70.8 Å². The highest BCUT2D eigenvalue weighted by atomic mass is 127. The van der Waals surface area contributed by atoms with Crippen molar-refractivity contribution < 1.29 is 0 Å². The van der Waals surface area contributed by atoms with E-state index in [9.17, 15) is 0 Å². The van der Waals surface area contributed by atoms with Crippen molar-refractivity contribution in [2.45, 2.75) is 0 Å². The van der Waals surface area contributed by atoms with Crippen LogP contribution in [0.2, 0.25) is 0 Å². The average molecular weight is 291 g/mol. The van der Waals surface area contributed by atoms with Crippen LogP contribution in [0.15, 0.2) is 16.8 Å². The second kappa shape index (κ2) is 3.86. The van der Waals surface area contributed by atoms with Crippen LogP contribution < -0.4 is 0 Å². The van der Waals surface area contributed by atoms with E-state index < -0.39 is 0 Å². The minimum Gasteiger partial charge on any atom is -0.151 e. The SMILES string of the molecule is Br.Ic1ccsc1. The van der Waals surface area contributed by atoms with Gasteiger partial charge in [0.1, 0.15) is 0 Å². The Hall–Kier alpha value is 0.910. The van der Waals surface area contributed by atoms with Crippen LogP contribution in [-0.4, -0.2) is 0 Å². The molecule has 1 aromatic heterocycles. The van der Waals surface area contributed by atoms with Gasteiger partial charge in [-0.1, -0.05) is 0 Å². The fourth-order valence-electron chi connectivity index (χ4n) is 0.248. The van der Waals surface area contributed by atoms with Crippen LogP contribution in [0.5, 0.6) is 0 Å². The number of hydrogen-bond donors (Lipinski definition) is 0. The van der Waals surface area contributed by atoms with E-state index in [-0.39, 0.29) is 17.0 Å². The lowest BCUT2D eigenvalue weighted by atomic mass is 10.7. The molecule has 0 N–H and O–H groups in total. The van der Waals surface area contributed by atoms with Crippen molar-refractivity contribution in [1.29, 1.82) is 0 Å². The lowest BCUT2D eigenvalue weighted by Gasteiger charge is -1.62. The number of halogens is 2. The third kappa shape index (κ3) is 2.66. The summed E-state index contributed by atoms with van der Waals surface area (Å²) in [6.07, 6.45) is 0. The van der Waals surface area contributed by atoms with E-state index in [2.05, 4.69) is 39.4 Å². The molecule has 0 bridgehead atoms. The second-order valence-electron chi connectivity index (χ2n) is 0.942. The number of hydrogen-bond acceptors (Lipinski definition) is 1. The van der Waals surface area contributed by atoms with Gasteiger partial charge in [0, 0.05) is 8.95 Å². The number of thiophene rings is 1. The molecule has 1 heterocycles. The summed E-state index contributed by atoms with van der Waals surface area (Å²) in [5, 5.41) is 4.18. The molecule has 7 heavy (non-hydrogen) atoms. The highest BCUT2D eigenvalue weighted by Gasteiger charge is 1.76. The van der Waals surface area contributed by atoms with E-state index >= 15 is 0 Å². The van der Waals surface area contributed by atoms with E-state index in [1.165, 1.54) is 3.57 Å². The first kappa shape index (κ1) is 7.91. The molecule has 0 spiro atoms. The molecular formula is C4H4BrIS. The first-order valence-corrected chi connectivity index (χ1v) is 3.59. The lowest BCUT2D eigenvalue weighted by molar-refractivity contribution is 1.89. The molecule has 0 saturated carbocycles. The summed E-state index contributed by atoms with van der Waals surface area (Å²) in [5.41, 5.74) is 0. The Morgan fingerprint density at radius 3 is 2.43 bits per heavy atom. The molecule has 40 valence electrons. The standard InChI is InChI=1S/C4H3IS.BrH/c5-4-1-2-6-3-4;/h1-3H;1H. The predicted molar refractivity (Wildman–Crippen MR) is 47.4 cm³/mol. The molecule has 0 unspecified atom stereocenters. The van der Waals surface area contributed by atoms with E-state index in [0.29, 0.717) is 0 Å². The van der Waals surface area contributed by atoms with E-state index in [1.54, 1.807) is 11.3 Å².